The lowest BCUT2D eigenvalue weighted by Gasteiger charge is -2.37. The normalized spacial score (nSPS) is 20.2. The number of nitrogens with one attached hydrogen (secondary N) is 1. The van der Waals surface area contributed by atoms with E-state index in [1.807, 2.05) is 55.5 Å². The summed E-state index contributed by atoms with van der Waals surface area (Å²) in [6.07, 6.45) is -0.577. The Hall–Kier alpha value is -3.39. The zero-order valence-electron chi connectivity index (χ0n) is 19.1. The van der Waals surface area contributed by atoms with E-state index < -0.39 is 30.4 Å². The van der Waals surface area contributed by atoms with Crippen LogP contribution in [0.1, 0.15) is 36.8 Å². The smallest absolute Gasteiger partial charge is 0.407 e. The second kappa shape index (κ2) is 10.3. The molecule has 0 radical (unpaired) electrons. The number of aliphatic hydroxyl groups is 1. The van der Waals surface area contributed by atoms with Crippen LogP contribution < -0.4 is 5.32 Å². The van der Waals surface area contributed by atoms with Crippen LogP contribution in [-0.4, -0.2) is 65.4 Å². The molecule has 1 heterocycles. The van der Waals surface area contributed by atoms with Crippen molar-refractivity contribution in [1.29, 1.82) is 0 Å². The van der Waals surface area contributed by atoms with Gasteiger partial charge in [0.2, 0.25) is 5.91 Å². The number of carbonyl (C=O) groups excluding carboxylic acids is 2. The molecule has 34 heavy (non-hydrogen) atoms. The summed E-state index contributed by atoms with van der Waals surface area (Å²) in [5, 5.41) is 21.3. The number of rotatable bonds is 7. The lowest BCUT2D eigenvalue weighted by molar-refractivity contribution is -0.144. The summed E-state index contributed by atoms with van der Waals surface area (Å²) in [5.41, 5.74) is 4.33. The van der Waals surface area contributed by atoms with Gasteiger partial charge in [-0.1, -0.05) is 55.5 Å². The van der Waals surface area contributed by atoms with Gasteiger partial charge in [0.1, 0.15) is 12.6 Å². The third kappa shape index (κ3) is 5.07. The van der Waals surface area contributed by atoms with Crippen molar-refractivity contribution in [3.05, 3.63) is 59.7 Å². The topological polar surface area (TPSA) is 116 Å². The Morgan fingerprint density at radius 2 is 1.68 bits per heavy atom. The minimum absolute atomic E-state index is 0.0441. The summed E-state index contributed by atoms with van der Waals surface area (Å²) in [4.78, 5) is 38.7. The lowest BCUT2D eigenvalue weighted by Crippen LogP contribution is -2.53. The molecule has 1 saturated heterocycles. The molecule has 4 rings (SSSR count). The number of fused-ring (bicyclic) bond motifs is 3. The zero-order chi connectivity index (χ0) is 24.2. The largest absolute Gasteiger partial charge is 0.481 e. The van der Waals surface area contributed by atoms with Crippen LogP contribution in [0.4, 0.5) is 4.79 Å². The number of carbonyl (C=O) groups is 3. The van der Waals surface area contributed by atoms with Crippen molar-refractivity contribution in [2.75, 3.05) is 26.3 Å². The summed E-state index contributed by atoms with van der Waals surface area (Å²) in [6.45, 7) is 2.80. The molecule has 0 bridgehead atoms. The van der Waals surface area contributed by atoms with Crippen LogP contribution >= 0.6 is 0 Å². The molecule has 180 valence electrons. The summed E-state index contributed by atoms with van der Waals surface area (Å²) in [5.74, 6) is -1.69. The van der Waals surface area contributed by atoms with Crippen molar-refractivity contribution in [2.24, 2.45) is 11.8 Å². The third-order valence-corrected chi connectivity index (χ3v) is 6.63. The Morgan fingerprint density at radius 1 is 1.06 bits per heavy atom. The van der Waals surface area contributed by atoms with Crippen LogP contribution in [0.25, 0.3) is 11.1 Å². The van der Waals surface area contributed by atoms with E-state index >= 15 is 0 Å². The van der Waals surface area contributed by atoms with E-state index in [2.05, 4.69) is 5.32 Å². The number of aliphatic hydroxyl groups excluding tert-OH is 1. The van der Waals surface area contributed by atoms with Gasteiger partial charge in [-0.2, -0.15) is 0 Å². The molecule has 8 nitrogen and oxygen atoms in total. The number of carboxylic acids is 1. The van der Waals surface area contributed by atoms with Gasteiger partial charge >= 0.3 is 12.1 Å². The van der Waals surface area contributed by atoms with Crippen molar-refractivity contribution >= 4 is 18.0 Å². The SMILES string of the molecule is CC1CC(CO)CN(C(=O)C(CC(=O)O)NC(=O)OCC2c3ccccc3-c3ccccc32)C1. The average molecular weight is 467 g/mol. The molecule has 3 atom stereocenters. The maximum absolute atomic E-state index is 13.1. The quantitative estimate of drug-likeness (QED) is 0.578. The fraction of sp³-hybridized carbons (Fsp3) is 0.423. The number of hydrogen-bond acceptors (Lipinski definition) is 5. The maximum atomic E-state index is 13.1. The molecule has 2 aliphatic rings. The average Bonchev–Trinajstić information content (AvgIpc) is 3.15. The molecule has 1 fully saturated rings. The van der Waals surface area contributed by atoms with Gasteiger partial charge in [0.15, 0.2) is 0 Å². The first-order chi connectivity index (χ1) is 16.4. The Morgan fingerprint density at radius 3 is 2.26 bits per heavy atom. The number of hydrogen-bond donors (Lipinski definition) is 3. The number of amides is 2. The van der Waals surface area contributed by atoms with E-state index in [9.17, 15) is 24.6 Å². The number of aliphatic carboxylic acids is 1. The predicted octanol–water partition coefficient (Wildman–Crippen LogP) is 2.85. The Balaban J connectivity index is 1.43. The third-order valence-electron chi connectivity index (χ3n) is 6.63. The molecular weight excluding hydrogens is 436 g/mol. The minimum Gasteiger partial charge on any atom is -0.481 e. The monoisotopic (exact) mass is 466 g/mol. The van der Waals surface area contributed by atoms with Crippen LogP contribution in [0.2, 0.25) is 0 Å². The molecule has 8 heteroatoms. The lowest BCUT2D eigenvalue weighted by atomic mass is 9.90. The standard InChI is InChI=1S/C26H30N2O6/c1-16-10-17(14-29)13-28(12-16)25(32)23(11-24(30)31)27-26(33)34-15-22-20-8-4-2-6-18(20)19-7-3-5-9-21(19)22/h2-9,16-17,22-23,29H,10-15H2,1H3,(H,27,33)(H,30,31). The molecule has 0 aromatic heterocycles. The Kier molecular flexibility index (Phi) is 7.17. The van der Waals surface area contributed by atoms with E-state index in [1.165, 1.54) is 4.90 Å². The van der Waals surface area contributed by atoms with Gasteiger partial charge in [0, 0.05) is 25.6 Å². The number of benzene rings is 2. The number of likely N-dealkylation sites (tertiary alicyclic amines) is 1. The summed E-state index contributed by atoms with van der Waals surface area (Å²) < 4.78 is 5.50. The molecule has 1 aliphatic heterocycles. The number of ether oxygens (including phenoxy) is 1. The first kappa shape index (κ1) is 23.8. The fourth-order valence-corrected chi connectivity index (χ4v) is 5.17. The van der Waals surface area contributed by atoms with Crippen LogP contribution in [-0.2, 0) is 14.3 Å². The maximum Gasteiger partial charge on any atom is 0.407 e. The predicted molar refractivity (Wildman–Crippen MR) is 125 cm³/mol. The number of alkyl carbamates (subject to hydrolysis) is 1. The van der Waals surface area contributed by atoms with E-state index in [0.717, 1.165) is 28.7 Å². The molecule has 2 aromatic carbocycles. The highest BCUT2D eigenvalue weighted by Crippen LogP contribution is 2.44. The second-order valence-corrected chi connectivity index (χ2v) is 9.25. The number of piperidine rings is 1. The van der Waals surface area contributed by atoms with Gasteiger partial charge in [-0.3, -0.25) is 9.59 Å². The van der Waals surface area contributed by atoms with E-state index in [-0.39, 0.29) is 31.0 Å². The highest BCUT2D eigenvalue weighted by molar-refractivity contribution is 5.89. The van der Waals surface area contributed by atoms with Gasteiger partial charge in [0.05, 0.1) is 6.42 Å². The summed E-state index contributed by atoms with van der Waals surface area (Å²) in [6, 6.07) is 14.7. The zero-order valence-corrected chi connectivity index (χ0v) is 19.1. The Bertz CT molecular complexity index is 1030. The molecule has 1 aliphatic carbocycles. The van der Waals surface area contributed by atoms with Gasteiger partial charge < -0.3 is 25.2 Å². The van der Waals surface area contributed by atoms with Crippen molar-refractivity contribution in [2.45, 2.75) is 31.7 Å². The van der Waals surface area contributed by atoms with Crippen LogP contribution in [0, 0.1) is 11.8 Å². The highest BCUT2D eigenvalue weighted by atomic mass is 16.5. The first-order valence-electron chi connectivity index (χ1n) is 11.6. The first-order valence-corrected chi connectivity index (χ1v) is 11.6. The summed E-state index contributed by atoms with van der Waals surface area (Å²) >= 11 is 0. The van der Waals surface area contributed by atoms with Crippen LogP contribution in [0.5, 0.6) is 0 Å². The van der Waals surface area contributed by atoms with Crippen molar-refractivity contribution < 1.29 is 29.3 Å². The van der Waals surface area contributed by atoms with Crippen molar-refractivity contribution in [1.82, 2.24) is 10.2 Å². The molecule has 2 aromatic rings. The summed E-state index contributed by atoms with van der Waals surface area (Å²) in [7, 11) is 0. The van der Waals surface area contributed by atoms with E-state index in [4.69, 9.17) is 4.74 Å². The van der Waals surface area contributed by atoms with Crippen LogP contribution in [0.3, 0.4) is 0 Å². The van der Waals surface area contributed by atoms with Crippen molar-refractivity contribution in [3.8, 4) is 11.1 Å². The molecule has 0 spiro atoms. The fourth-order valence-electron chi connectivity index (χ4n) is 5.17. The molecule has 2 amide bonds. The van der Waals surface area contributed by atoms with E-state index in [1.54, 1.807) is 0 Å². The Labute approximate surface area is 198 Å². The second-order valence-electron chi connectivity index (χ2n) is 9.25. The molecule has 3 unspecified atom stereocenters. The van der Waals surface area contributed by atoms with Gasteiger partial charge in [-0.25, -0.2) is 4.79 Å². The van der Waals surface area contributed by atoms with Gasteiger partial charge in [-0.05, 0) is 40.5 Å². The van der Waals surface area contributed by atoms with E-state index in [0.29, 0.717) is 13.1 Å². The highest BCUT2D eigenvalue weighted by Gasteiger charge is 2.34. The number of carboxylic acid groups (broad SMARTS) is 1. The number of nitrogens with zero attached hydrogens (tertiary/aromatic N) is 1. The molecular formula is C26H30N2O6. The van der Waals surface area contributed by atoms with Crippen molar-refractivity contribution in [3.63, 3.8) is 0 Å². The minimum atomic E-state index is -1.24. The van der Waals surface area contributed by atoms with Gasteiger partial charge in [0.25, 0.3) is 0 Å². The molecule has 3 N–H and O–H groups in total. The molecule has 0 saturated carbocycles. The van der Waals surface area contributed by atoms with Crippen LogP contribution in [0.15, 0.2) is 48.5 Å². The van der Waals surface area contributed by atoms with Gasteiger partial charge in [-0.15, -0.1) is 0 Å².